The highest BCUT2D eigenvalue weighted by atomic mass is 16.2. The first-order chi connectivity index (χ1) is 8.36. The highest BCUT2D eigenvalue weighted by molar-refractivity contribution is 5.56. The first-order valence-electron chi connectivity index (χ1n) is 5.66. The lowest BCUT2D eigenvalue weighted by Gasteiger charge is -1.88. The third-order valence-electron chi connectivity index (χ3n) is 1.98. The molecule has 0 aliphatic carbocycles. The number of nitrogens with zero attached hydrogens (tertiary/aromatic N) is 1. The molecule has 0 aliphatic heterocycles. The zero-order valence-electron chi connectivity index (χ0n) is 10.0. The second-order valence-corrected chi connectivity index (χ2v) is 3.37. The van der Waals surface area contributed by atoms with E-state index in [1.54, 1.807) is 6.92 Å². The van der Waals surface area contributed by atoms with E-state index in [2.05, 4.69) is 18.2 Å². The van der Waals surface area contributed by atoms with E-state index in [1.807, 2.05) is 59.6 Å². The monoisotopic (exact) mass is 228 g/mol. The predicted octanol–water partition coefficient (Wildman–Crippen LogP) is 2.60. The third-order valence-corrected chi connectivity index (χ3v) is 1.98. The van der Waals surface area contributed by atoms with Crippen LogP contribution in [0.25, 0.3) is 12.3 Å². The molecular formula is C15H18NO+. The van der Waals surface area contributed by atoms with Gasteiger partial charge in [0, 0.05) is 24.8 Å². The minimum Gasteiger partial charge on any atom is -0.397 e. The standard InChI is InChI=1S/C13H12N.C2H6O/c1-3-7-13(8-4-1)9-12-14-10-5-2-6-11-14;1-2-3/h1-12H;3H,2H2,1H3/q+1;. The summed E-state index contributed by atoms with van der Waals surface area (Å²) < 4.78 is 2.02. The molecule has 0 aliphatic rings. The van der Waals surface area contributed by atoms with Gasteiger partial charge in [-0.15, -0.1) is 0 Å². The fraction of sp³-hybridized carbons (Fsp3) is 0.133. The zero-order valence-corrected chi connectivity index (χ0v) is 10.0. The first-order valence-corrected chi connectivity index (χ1v) is 5.66. The number of rotatable bonds is 2. The van der Waals surface area contributed by atoms with Crippen LogP contribution in [0.5, 0.6) is 0 Å². The largest absolute Gasteiger partial charge is 0.397 e. The lowest BCUT2D eigenvalue weighted by atomic mass is 10.2. The Morgan fingerprint density at radius 1 is 1.00 bits per heavy atom. The fourth-order valence-electron chi connectivity index (χ4n) is 1.25. The average Bonchev–Trinajstić information content (AvgIpc) is 2.40. The van der Waals surface area contributed by atoms with Crippen LogP contribution in [0.2, 0.25) is 0 Å². The molecule has 0 fully saturated rings. The summed E-state index contributed by atoms with van der Waals surface area (Å²) in [6.07, 6.45) is 8.15. The molecule has 0 unspecified atom stereocenters. The van der Waals surface area contributed by atoms with Crippen molar-refractivity contribution in [3.63, 3.8) is 0 Å². The fourth-order valence-corrected chi connectivity index (χ4v) is 1.25. The van der Waals surface area contributed by atoms with E-state index >= 15 is 0 Å². The molecule has 2 aromatic rings. The summed E-state index contributed by atoms with van der Waals surface area (Å²) in [6.45, 7) is 1.93. The van der Waals surface area contributed by atoms with Crippen molar-refractivity contribution in [2.75, 3.05) is 6.61 Å². The highest BCUT2D eigenvalue weighted by Gasteiger charge is 1.89. The van der Waals surface area contributed by atoms with Gasteiger partial charge in [0.15, 0.2) is 18.6 Å². The first kappa shape index (κ1) is 13.1. The Hall–Kier alpha value is -1.93. The number of benzene rings is 1. The van der Waals surface area contributed by atoms with Crippen LogP contribution in [0.3, 0.4) is 0 Å². The van der Waals surface area contributed by atoms with Crippen molar-refractivity contribution in [3.05, 3.63) is 66.5 Å². The van der Waals surface area contributed by atoms with Crippen molar-refractivity contribution in [1.82, 2.24) is 0 Å². The SMILES string of the molecule is C(=C[n+]1ccccc1)c1ccccc1.CCO. The molecule has 1 heterocycles. The van der Waals surface area contributed by atoms with Crippen LogP contribution in [-0.4, -0.2) is 11.7 Å². The molecule has 0 saturated carbocycles. The summed E-state index contributed by atoms with van der Waals surface area (Å²) in [5.74, 6) is 0. The van der Waals surface area contributed by atoms with E-state index in [-0.39, 0.29) is 6.61 Å². The number of pyridine rings is 1. The van der Waals surface area contributed by atoms with Gasteiger partial charge in [-0.05, 0) is 12.5 Å². The molecule has 1 aromatic carbocycles. The molecule has 1 aromatic heterocycles. The third kappa shape index (κ3) is 5.64. The second kappa shape index (κ2) is 8.25. The quantitative estimate of drug-likeness (QED) is 0.785. The van der Waals surface area contributed by atoms with Gasteiger partial charge in [0.2, 0.25) is 0 Å². The molecule has 0 saturated heterocycles. The Balaban J connectivity index is 0.000000437. The predicted molar refractivity (Wildman–Crippen MR) is 71.1 cm³/mol. The van der Waals surface area contributed by atoms with Gasteiger partial charge in [0.05, 0.1) is 0 Å². The van der Waals surface area contributed by atoms with Crippen molar-refractivity contribution in [2.24, 2.45) is 0 Å². The van der Waals surface area contributed by atoms with Crippen LogP contribution in [0, 0.1) is 0 Å². The summed E-state index contributed by atoms with van der Waals surface area (Å²) in [4.78, 5) is 0. The molecule has 1 N–H and O–H groups in total. The van der Waals surface area contributed by atoms with E-state index in [0.29, 0.717) is 0 Å². The molecule has 0 radical (unpaired) electrons. The van der Waals surface area contributed by atoms with Crippen LogP contribution in [-0.2, 0) is 0 Å². The summed E-state index contributed by atoms with van der Waals surface area (Å²) in [5, 5.41) is 7.57. The van der Waals surface area contributed by atoms with Gasteiger partial charge in [-0.25, -0.2) is 0 Å². The van der Waals surface area contributed by atoms with Crippen LogP contribution in [0.4, 0.5) is 0 Å². The normalized spacial score (nSPS) is 9.76. The minimum atomic E-state index is 0.250. The molecular weight excluding hydrogens is 210 g/mol. The number of aliphatic hydroxyl groups is 1. The van der Waals surface area contributed by atoms with E-state index in [0.717, 1.165) is 0 Å². The maximum atomic E-state index is 7.57. The Bertz CT molecular complexity index is 382. The molecule has 0 atom stereocenters. The number of hydrogen-bond donors (Lipinski definition) is 1. The molecule has 0 bridgehead atoms. The van der Waals surface area contributed by atoms with Gasteiger partial charge < -0.3 is 5.11 Å². The summed E-state index contributed by atoms with van der Waals surface area (Å²) in [5.41, 5.74) is 1.21. The Labute approximate surface area is 102 Å². The van der Waals surface area contributed by atoms with Crippen LogP contribution < -0.4 is 4.57 Å². The number of hydrogen-bond acceptors (Lipinski definition) is 1. The maximum Gasteiger partial charge on any atom is 0.175 e. The van der Waals surface area contributed by atoms with Crippen LogP contribution in [0.1, 0.15) is 12.5 Å². The zero-order chi connectivity index (χ0) is 12.3. The summed E-state index contributed by atoms with van der Waals surface area (Å²) >= 11 is 0. The van der Waals surface area contributed by atoms with Gasteiger partial charge in [-0.3, -0.25) is 0 Å². The Morgan fingerprint density at radius 3 is 2.12 bits per heavy atom. The molecule has 2 heteroatoms. The number of aliphatic hydroxyl groups excluding tert-OH is 1. The molecule has 17 heavy (non-hydrogen) atoms. The van der Waals surface area contributed by atoms with Gasteiger partial charge in [-0.1, -0.05) is 36.4 Å². The van der Waals surface area contributed by atoms with Crippen LogP contribution >= 0.6 is 0 Å². The molecule has 2 nitrogen and oxygen atoms in total. The molecule has 88 valence electrons. The van der Waals surface area contributed by atoms with Crippen molar-refractivity contribution >= 4 is 12.3 Å². The molecule has 0 spiro atoms. The lowest BCUT2D eigenvalue weighted by Crippen LogP contribution is -2.23. The topological polar surface area (TPSA) is 24.1 Å². The molecule has 2 rings (SSSR count). The van der Waals surface area contributed by atoms with Crippen molar-refractivity contribution in [1.29, 1.82) is 0 Å². The van der Waals surface area contributed by atoms with E-state index in [4.69, 9.17) is 5.11 Å². The molecule has 0 amide bonds. The lowest BCUT2D eigenvalue weighted by molar-refractivity contribution is -0.567. The van der Waals surface area contributed by atoms with Gasteiger partial charge in [0.1, 0.15) is 0 Å². The summed E-state index contributed by atoms with van der Waals surface area (Å²) in [6, 6.07) is 16.3. The van der Waals surface area contributed by atoms with E-state index < -0.39 is 0 Å². The van der Waals surface area contributed by atoms with E-state index in [9.17, 15) is 0 Å². The van der Waals surface area contributed by atoms with Crippen molar-refractivity contribution in [2.45, 2.75) is 6.92 Å². The van der Waals surface area contributed by atoms with E-state index in [1.165, 1.54) is 5.56 Å². The van der Waals surface area contributed by atoms with Crippen molar-refractivity contribution in [3.8, 4) is 0 Å². The van der Waals surface area contributed by atoms with Crippen LogP contribution in [0.15, 0.2) is 60.9 Å². The highest BCUT2D eigenvalue weighted by Crippen LogP contribution is 1.99. The maximum absolute atomic E-state index is 7.57. The van der Waals surface area contributed by atoms with Gasteiger partial charge in [0.25, 0.3) is 0 Å². The minimum absolute atomic E-state index is 0.250. The van der Waals surface area contributed by atoms with Crippen molar-refractivity contribution < 1.29 is 9.67 Å². The Morgan fingerprint density at radius 2 is 1.53 bits per heavy atom. The van der Waals surface area contributed by atoms with Gasteiger partial charge >= 0.3 is 0 Å². The average molecular weight is 228 g/mol. The van der Waals surface area contributed by atoms with Gasteiger partial charge in [-0.2, -0.15) is 4.57 Å². The summed E-state index contributed by atoms with van der Waals surface area (Å²) in [7, 11) is 0. The Kier molecular flexibility index (Phi) is 6.37. The number of aromatic nitrogens is 1. The smallest absolute Gasteiger partial charge is 0.175 e. The second-order valence-electron chi connectivity index (χ2n) is 3.37.